The van der Waals surface area contributed by atoms with Crippen LogP contribution in [0.15, 0.2) is 12.1 Å². The first-order valence-electron chi connectivity index (χ1n) is 4.43. The summed E-state index contributed by atoms with van der Waals surface area (Å²) in [6.07, 6.45) is 0. The summed E-state index contributed by atoms with van der Waals surface area (Å²) >= 11 is 5.84. The van der Waals surface area contributed by atoms with Crippen LogP contribution in [0.2, 0.25) is 5.02 Å². The summed E-state index contributed by atoms with van der Waals surface area (Å²) in [5.74, 6) is -0.370. The Morgan fingerprint density at radius 2 is 2.21 bits per heavy atom. The minimum Gasteiger partial charge on any atom is -0.489 e. The molecule has 2 N–H and O–H groups in total. The second-order valence-corrected chi connectivity index (χ2v) is 3.44. The Morgan fingerprint density at radius 3 is 2.64 bits per heavy atom. The van der Waals surface area contributed by atoms with E-state index in [2.05, 4.69) is 0 Å². The van der Waals surface area contributed by atoms with Crippen LogP contribution in [-0.4, -0.2) is 6.61 Å². The van der Waals surface area contributed by atoms with Crippen molar-refractivity contribution in [2.45, 2.75) is 19.9 Å². The fraction of sp³-hybridized carbons (Fsp3) is 0.400. The van der Waals surface area contributed by atoms with Crippen LogP contribution >= 0.6 is 11.6 Å². The second-order valence-electron chi connectivity index (χ2n) is 3.04. The van der Waals surface area contributed by atoms with Gasteiger partial charge in [-0.15, -0.1) is 0 Å². The molecule has 0 bridgehead atoms. The molecule has 0 aromatic heterocycles. The van der Waals surface area contributed by atoms with E-state index in [1.54, 1.807) is 19.9 Å². The molecule has 0 fully saturated rings. The Bertz CT molecular complexity index is 305. The zero-order valence-corrected chi connectivity index (χ0v) is 8.94. The number of hydrogen-bond donors (Lipinski definition) is 1. The van der Waals surface area contributed by atoms with Gasteiger partial charge in [-0.05, 0) is 31.5 Å². The van der Waals surface area contributed by atoms with Crippen LogP contribution in [0.1, 0.15) is 25.5 Å². The first-order valence-corrected chi connectivity index (χ1v) is 4.81. The number of halogens is 2. The van der Waals surface area contributed by atoms with Crippen LogP contribution in [0.4, 0.5) is 4.39 Å². The lowest BCUT2D eigenvalue weighted by Crippen LogP contribution is -2.06. The molecule has 0 heterocycles. The van der Waals surface area contributed by atoms with Crippen molar-refractivity contribution in [3.63, 3.8) is 0 Å². The van der Waals surface area contributed by atoms with Gasteiger partial charge in [0.25, 0.3) is 0 Å². The standard InChI is InChI=1S/C10H13ClFNO/c1-3-14-10-8(11)4-7(6(2)13)5-9(10)12/h4-6H,3,13H2,1-2H3/t6-/m1/s1. The van der Waals surface area contributed by atoms with Crippen molar-refractivity contribution in [3.05, 3.63) is 28.5 Å². The van der Waals surface area contributed by atoms with E-state index in [0.29, 0.717) is 12.2 Å². The lowest BCUT2D eigenvalue weighted by atomic mass is 10.1. The summed E-state index contributed by atoms with van der Waals surface area (Å²) in [5.41, 5.74) is 6.27. The topological polar surface area (TPSA) is 35.2 Å². The predicted octanol–water partition coefficient (Wildman–Crippen LogP) is 2.90. The van der Waals surface area contributed by atoms with E-state index in [4.69, 9.17) is 22.1 Å². The fourth-order valence-electron chi connectivity index (χ4n) is 1.12. The molecule has 0 radical (unpaired) electrons. The molecule has 0 aliphatic rings. The summed E-state index contributed by atoms with van der Waals surface area (Å²) in [6.45, 7) is 3.93. The van der Waals surface area contributed by atoms with Gasteiger partial charge in [0, 0.05) is 6.04 Å². The van der Waals surface area contributed by atoms with Gasteiger partial charge in [0.2, 0.25) is 0 Å². The van der Waals surface area contributed by atoms with Crippen molar-refractivity contribution >= 4 is 11.6 Å². The Morgan fingerprint density at radius 1 is 1.57 bits per heavy atom. The third-order valence-corrected chi connectivity index (χ3v) is 2.12. The first kappa shape index (κ1) is 11.3. The largest absolute Gasteiger partial charge is 0.489 e. The van der Waals surface area contributed by atoms with Crippen molar-refractivity contribution in [1.29, 1.82) is 0 Å². The third-order valence-electron chi connectivity index (χ3n) is 1.84. The first-order chi connectivity index (χ1) is 6.56. The maximum Gasteiger partial charge on any atom is 0.173 e. The summed E-state index contributed by atoms with van der Waals surface area (Å²) < 4.78 is 18.4. The van der Waals surface area contributed by atoms with Crippen LogP contribution < -0.4 is 10.5 Å². The van der Waals surface area contributed by atoms with Crippen LogP contribution in [0, 0.1) is 5.82 Å². The normalized spacial score (nSPS) is 12.6. The molecule has 1 atom stereocenters. The maximum absolute atomic E-state index is 13.4. The van der Waals surface area contributed by atoms with Crippen molar-refractivity contribution in [2.75, 3.05) is 6.61 Å². The van der Waals surface area contributed by atoms with E-state index in [1.807, 2.05) is 0 Å². The molecule has 0 saturated heterocycles. The van der Waals surface area contributed by atoms with Gasteiger partial charge in [-0.1, -0.05) is 11.6 Å². The van der Waals surface area contributed by atoms with Gasteiger partial charge < -0.3 is 10.5 Å². The van der Waals surface area contributed by atoms with E-state index in [-0.39, 0.29) is 16.8 Å². The van der Waals surface area contributed by atoms with Gasteiger partial charge >= 0.3 is 0 Å². The minimum atomic E-state index is -0.466. The third kappa shape index (κ3) is 2.36. The highest BCUT2D eigenvalue weighted by atomic mass is 35.5. The molecular weight excluding hydrogens is 205 g/mol. The molecule has 4 heteroatoms. The molecule has 0 spiro atoms. The highest BCUT2D eigenvalue weighted by Gasteiger charge is 2.12. The molecule has 1 aromatic rings. The number of benzene rings is 1. The number of nitrogens with two attached hydrogens (primary N) is 1. The minimum absolute atomic E-state index is 0.0959. The van der Waals surface area contributed by atoms with E-state index in [9.17, 15) is 4.39 Å². The number of rotatable bonds is 3. The van der Waals surface area contributed by atoms with Gasteiger partial charge in [0.1, 0.15) is 0 Å². The summed E-state index contributed by atoms with van der Waals surface area (Å²) in [6, 6.07) is 2.74. The van der Waals surface area contributed by atoms with Gasteiger partial charge in [-0.2, -0.15) is 0 Å². The fourth-order valence-corrected chi connectivity index (χ4v) is 1.40. The molecule has 0 amide bonds. The average molecular weight is 218 g/mol. The van der Waals surface area contributed by atoms with Crippen molar-refractivity contribution in [1.82, 2.24) is 0 Å². The van der Waals surface area contributed by atoms with Crippen LogP contribution in [-0.2, 0) is 0 Å². The SMILES string of the molecule is CCOc1c(F)cc([C@@H](C)N)cc1Cl. The number of ether oxygens (including phenoxy) is 1. The molecule has 14 heavy (non-hydrogen) atoms. The summed E-state index contributed by atoms with van der Waals surface area (Å²) in [5, 5.41) is 0.263. The van der Waals surface area contributed by atoms with Crippen molar-refractivity contribution in [3.8, 4) is 5.75 Å². The smallest absolute Gasteiger partial charge is 0.173 e. The molecule has 78 valence electrons. The quantitative estimate of drug-likeness (QED) is 0.845. The molecular formula is C10H13ClFNO. The molecule has 2 nitrogen and oxygen atoms in total. The molecule has 0 aliphatic heterocycles. The Hall–Kier alpha value is -0.800. The zero-order chi connectivity index (χ0) is 10.7. The summed E-state index contributed by atoms with van der Waals surface area (Å²) in [7, 11) is 0. The molecule has 0 unspecified atom stereocenters. The summed E-state index contributed by atoms with van der Waals surface area (Å²) in [4.78, 5) is 0. The van der Waals surface area contributed by atoms with E-state index < -0.39 is 5.82 Å². The maximum atomic E-state index is 13.4. The monoisotopic (exact) mass is 217 g/mol. The lowest BCUT2D eigenvalue weighted by Gasteiger charge is -2.11. The van der Waals surface area contributed by atoms with E-state index in [1.165, 1.54) is 6.07 Å². The van der Waals surface area contributed by atoms with Crippen LogP contribution in [0.5, 0.6) is 5.75 Å². The van der Waals surface area contributed by atoms with Crippen LogP contribution in [0.25, 0.3) is 0 Å². The molecule has 1 rings (SSSR count). The molecule has 0 aliphatic carbocycles. The Kier molecular flexibility index (Phi) is 3.72. The van der Waals surface area contributed by atoms with Gasteiger partial charge in [0.15, 0.2) is 11.6 Å². The van der Waals surface area contributed by atoms with Crippen molar-refractivity contribution in [2.24, 2.45) is 5.73 Å². The zero-order valence-electron chi connectivity index (χ0n) is 8.18. The highest BCUT2D eigenvalue weighted by Crippen LogP contribution is 2.30. The van der Waals surface area contributed by atoms with E-state index in [0.717, 1.165) is 0 Å². The van der Waals surface area contributed by atoms with E-state index >= 15 is 0 Å². The Balaban J connectivity index is 3.11. The average Bonchev–Trinajstić information content (AvgIpc) is 2.10. The molecule has 0 saturated carbocycles. The number of hydrogen-bond acceptors (Lipinski definition) is 2. The van der Waals surface area contributed by atoms with Gasteiger partial charge in [-0.3, -0.25) is 0 Å². The van der Waals surface area contributed by atoms with Gasteiger partial charge in [0.05, 0.1) is 11.6 Å². The highest BCUT2D eigenvalue weighted by molar-refractivity contribution is 6.32. The lowest BCUT2D eigenvalue weighted by molar-refractivity contribution is 0.321. The van der Waals surface area contributed by atoms with Crippen molar-refractivity contribution < 1.29 is 9.13 Å². The predicted molar refractivity (Wildman–Crippen MR) is 55.2 cm³/mol. The van der Waals surface area contributed by atoms with Gasteiger partial charge in [-0.25, -0.2) is 4.39 Å². The Labute approximate surface area is 87.8 Å². The second kappa shape index (κ2) is 4.62. The van der Waals surface area contributed by atoms with Crippen LogP contribution in [0.3, 0.4) is 0 Å². The molecule has 1 aromatic carbocycles.